The number of aromatic nitrogens is 2. The van der Waals surface area contributed by atoms with Crippen molar-refractivity contribution in [2.45, 2.75) is 82.9 Å². The molecule has 13 heteroatoms. The van der Waals surface area contributed by atoms with Gasteiger partial charge in [-0.3, -0.25) is 0 Å². The van der Waals surface area contributed by atoms with E-state index in [1.54, 1.807) is 6.92 Å². The molecule has 1 saturated heterocycles. The summed E-state index contributed by atoms with van der Waals surface area (Å²) in [6, 6.07) is 9.21. The van der Waals surface area contributed by atoms with Crippen LogP contribution in [0.1, 0.15) is 53.8 Å². The number of aryl methyl sites for hydroxylation is 1. The maximum atomic E-state index is 13.2. The van der Waals surface area contributed by atoms with Gasteiger partial charge in [-0.1, -0.05) is 48.2 Å². The molecule has 0 amide bonds. The lowest BCUT2D eigenvalue weighted by molar-refractivity contribution is -0.293. The van der Waals surface area contributed by atoms with E-state index in [1.165, 1.54) is 13.2 Å². The number of unbranched alkanes of at least 4 members (excludes halogenated alkanes) is 4. The summed E-state index contributed by atoms with van der Waals surface area (Å²) in [6.45, 7) is 1.89. The van der Waals surface area contributed by atoms with Gasteiger partial charge in [0.05, 0.1) is 33.2 Å². The molecule has 10 nitrogen and oxygen atoms in total. The molecule has 0 bridgehead atoms. The molecule has 3 N–H and O–H groups in total. The molecule has 1 aliphatic heterocycles. The molecule has 0 spiro atoms. The molecule has 5 atom stereocenters. The quantitative estimate of drug-likeness (QED) is 0.133. The van der Waals surface area contributed by atoms with Crippen LogP contribution < -0.4 is 4.74 Å². The molecular weight excluding hydrogens is 635 g/mol. The van der Waals surface area contributed by atoms with E-state index in [0.717, 1.165) is 49.7 Å². The fraction of sp³-hybridized carbons (Fsp3) is 0.484. The third kappa shape index (κ3) is 7.97. The zero-order chi connectivity index (χ0) is 31.1. The van der Waals surface area contributed by atoms with Gasteiger partial charge in [0.2, 0.25) is 0 Å². The second-order valence-electron chi connectivity index (χ2n) is 10.3. The summed E-state index contributed by atoms with van der Waals surface area (Å²) in [6.07, 6.45) is 3.40. The Kier molecular flexibility index (Phi) is 13.6. The second-order valence-corrected chi connectivity index (χ2v) is 11.1. The molecule has 0 saturated carbocycles. The number of carbonyl (C=O) groups is 1. The predicted octanol–water partition coefficient (Wildman–Crippen LogP) is 4.85. The zero-order valence-corrected chi connectivity index (χ0v) is 26.8. The largest absolute Gasteiger partial charge is 0.483 e. The summed E-state index contributed by atoms with van der Waals surface area (Å²) in [5.41, 5.74) is 2.20. The normalized spacial score (nSPS) is 21.5. The minimum Gasteiger partial charge on any atom is -0.483 e. The Balaban J connectivity index is 0.00000529. The van der Waals surface area contributed by atoms with E-state index in [0.29, 0.717) is 11.4 Å². The van der Waals surface area contributed by atoms with Gasteiger partial charge in [-0.05, 0) is 43.5 Å². The Labute approximate surface area is 272 Å². The number of para-hydroxylation sites is 2. The van der Waals surface area contributed by atoms with Gasteiger partial charge in [0.15, 0.2) is 18.1 Å². The van der Waals surface area contributed by atoms with E-state index in [1.807, 2.05) is 24.3 Å². The minimum absolute atomic E-state index is 0. The number of imidazole rings is 1. The van der Waals surface area contributed by atoms with Crippen LogP contribution in [0.4, 0.5) is 0 Å². The van der Waals surface area contributed by atoms with Crippen LogP contribution in [-0.2, 0) is 27.4 Å². The Bertz CT molecular complexity index is 1460. The number of carbonyl (C=O) groups excluding carboxylic acids is 1. The van der Waals surface area contributed by atoms with Crippen molar-refractivity contribution in [3.8, 4) is 18.1 Å². The minimum atomic E-state index is -1.57. The van der Waals surface area contributed by atoms with Gasteiger partial charge in [-0.15, -0.1) is 24.8 Å². The molecule has 0 aliphatic carbocycles. The summed E-state index contributed by atoms with van der Waals surface area (Å²) in [5, 5.41) is 30.3. The highest BCUT2D eigenvalue weighted by molar-refractivity contribution is 6.38. The lowest BCUT2D eigenvalue weighted by Crippen LogP contribution is -2.60. The van der Waals surface area contributed by atoms with Crippen molar-refractivity contribution in [1.29, 1.82) is 0 Å². The van der Waals surface area contributed by atoms with Gasteiger partial charge in [-0.2, -0.15) is 0 Å². The SMILES string of the molecule is C#CCCCCCCn1c(COc2c(Cl)cc(C(=O)O[C@H]3[C@@H](OC)O[C@H](CO)[C@@H](O)[C@@H]3O)c(C)c2Cl)nc2ccccc21.Cl. The van der Waals surface area contributed by atoms with Crippen molar-refractivity contribution < 1.29 is 39.1 Å². The summed E-state index contributed by atoms with van der Waals surface area (Å²) in [7, 11) is 1.28. The first-order valence-electron chi connectivity index (χ1n) is 14.1. The second kappa shape index (κ2) is 16.6. The number of hydrogen-bond acceptors (Lipinski definition) is 9. The van der Waals surface area contributed by atoms with E-state index >= 15 is 0 Å². The van der Waals surface area contributed by atoms with Crippen molar-refractivity contribution in [3.05, 3.63) is 57.3 Å². The molecule has 1 aliphatic rings. The monoisotopic (exact) mass is 670 g/mol. The summed E-state index contributed by atoms with van der Waals surface area (Å²) in [5.74, 6) is 2.69. The van der Waals surface area contributed by atoms with Crippen LogP contribution in [0.25, 0.3) is 11.0 Å². The van der Waals surface area contributed by atoms with Crippen LogP contribution in [0.5, 0.6) is 5.75 Å². The molecule has 4 rings (SSSR count). The van der Waals surface area contributed by atoms with E-state index in [-0.39, 0.29) is 40.4 Å². The number of esters is 1. The van der Waals surface area contributed by atoms with Crippen LogP contribution in [-0.4, -0.2) is 75.3 Å². The third-order valence-electron chi connectivity index (χ3n) is 7.47. The topological polar surface area (TPSA) is 132 Å². The smallest absolute Gasteiger partial charge is 0.339 e. The first-order chi connectivity index (χ1) is 20.7. The van der Waals surface area contributed by atoms with Gasteiger partial charge >= 0.3 is 5.97 Å². The standard InChI is InChI=1S/C31H36Cl2N2O8.ClH/c1-4-5-6-7-8-11-14-35-22-13-10-9-12-21(22)34-24(35)17-41-28-20(32)15-19(18(2)25(28)33)30(39)43-29-27(38)26(37)23(16-36)42-31(29)40-3;/h1,9-10,12-13,15,23,26-27,29,31,36-38H,5-8,11,14,16-17H2,2-3H3;1H/t23-,26-,27+,29-,31+;/m1./s1. The number of nitrogens with zero attached hydrogens (tertiary/aromatic N) is 2. The maximum Gasteiger partial charge on any atom is 0.339 e. The summed E-state index contributed by atoms with van der Waals surface area (Å²) in [4.78, 5) is 17.9. The van der Waals surface area contributed by atoms with Crippen LogP contribution in [0.15, 0.2) is 30.3 Å². The first kappa shape index (κ1) is 35.9. The van der Waals surface area contributed by atoms with Gasteiger partial charge in [-0.25, -0.2) is 9.78 Å². The number of halogens is 3. The number of benzene rings is 2. The van der Waals surface area contributed by atoms with Crippen LogP contribution >= 0.6 is 35.6 Å². The third-order valence-corrected chi connectivity index (χ3v) is 8.21. The number of aliphatic hydroxyl groups excluding tert-OH is 3. The molecule has 2 aromatic carbocycles. The highest BCUT2D eigenvalue weighted by atomic mass is 35.5. The van der Waals surface area contributed by atoms with E-state index in [9.17, 15) is 20.1 Å². The van der Waals surface area contributed by atoms with Crippen LogP contribution in [0.2, 0.25) is 10.0 Å². The maximum absolute atomic E-state index is 13.2. The molecule has 1 fully saturated rings. The average Bonchev–Trinajstić information content (AvgIpc) is 3.36. The van der Waals surface area contributed by atoms with Crippen LogP contribution in [0, 0.1) is 19.3 Å². The zero-order valence-electron chi connectivity index (χ0n) is 24.4. The molecule has 0 radical (unpaired) electrons. The summed E-state index contributed by atoms with van der Waals surface area (Å²) < 4.78 is 24.3. The number of methoxy groups -OCH3 is 1. The highest BCUT2D eigenvalue weighted by Crippen LogP contribution is 2.39. The van der Waals surface area contributed by atoms with Gasteiger partial charge < -0.3 is 38.8 Å². The lowest BCUT2D eigenvalue weighted by atomic mass is 9.99. The van der Waals surface area contributed by atoms with Crippen molar-refractivity contribution >= 4 is 52.6 Å². The molecule has 0 unspecified atom stereocenters. The number of rotatable bonds is 13. The van der Waals surface area contributed by atoms with Crippen molar-refractivity contribution in [2.75, 3.05) is 13.7 Å². The average molecular weight is 672 g/mol. The van der Waals surface area contributed by atoms with Crippen LogP contribution in [0.3, 0.4) is 0 Å². The number of aliphatic hydroxyl groups is 3. The molecule has 2 heterocycles. The Hall–Kier alpha value is -2.59. The summed E-state index contributed by atoms with van der Waals surface area (Å²) >= 11 is 13.2. The molecular formula is C31H37Cl3N2O8. The molecule has 3 aromatic rings. The number of terminal acetylenes is 1. The first-order valence-corrected chi connectivity index (χ1v) is 14.8. The fourth-order valence-corrected chi connectivity index (χ4v) is 5.63. The number of hydrogen-bond donors (Lipinski definition) is 3. The number of ether oxygens (including phenoxy) is 4. The molecule has 44 heavy (non-hydrogen) atoms. The Morgan fingerprint density at radius 3 is 2.59 bits per heavy atom. The van der Waals surface area contributed by atoms with Gasteiger partial charge in [0, 0.05) is 20.1 Å². The van der Waals surface area contributed by atoms with Crippen molar-refractivity contribution in [1.82, 2.24) is 9.55 Å². The highest BCUT2D eigenvalue weighted by Gasteiger charge is 2.47. The van der Waals surface area contributed by atoms with Crippen molar-refractivity contribution in [3.63, 3.8) is 0 Å². The van der Waals surface area contributed by atoms with E-state index < -0.39 is 43.3 Å². The lowest BCUT2D eigenvalue weighted by Gasteiger charge is -2.40. The molecule has 240 valence electrons. The van der Waals surface area contributed by atoms with Gasteiger partial charge in [0.1, 0.15) is 30.7 Å². The van der Waals surface area contributed by atoms with Gasteiger partial charge in [0.25, 0.3) is 0 Å². The Morgan fingerprint density at radius 1 is 1.16 bits per heavy atom. The Morgan fingerprint density at radius 2 is 1.89 bits per heavy atom. The van der Waals surface area contributed by atoms with E-state index in [4.69, 9.17) is 53.6 Å². The van der Waals surface area contributed by atoms with E-state index in [2.05, 4.69) is 10.5 Å². The number of fused-ring (bicyclic) bond motifs is 1. The fourth-order valence-electron chi connectivity index (χ4n) is 5.07. The van der Waals surface area contributed by atoms with Crippen molar-refractivity contribution in [2.24, 2.45) is 0 Å². The predicted molar refractivity (Wildman–Crippen MR) is 168 cm³/mol. The molecule has 1 aromatic heterocycles.